The average Bonchev–Trinajstić information content (AvgIpc) is 3.17. The van der Waals surface area contributed by atoms with Crippen LogP contribution in [0.5, 0.6) is 0 Å². The second kappa shape index (κ2) is 8.31. The number of amides is 3. The van der Waals surface area contributed by atoms with Crippen LogP contribution in [0.3, 0.4) is 0 Å². The molecule has 3 heterocycles. The lowest BCUT2D eigenvalue weighted by molar-refractivity contribution is -0.139. The van der Waals surface area contributed by atoms with Crippen molar-refractivity contribution in [1.29, 1.82) is 0 Å². The molecule has 0 spiro atoms. The van der Waals surface area contributed by atoms with Crippen LogP contribution < -0.4 is 10.2 Å². The molecule has 8 heteroatoms. The van der Waals surface area contributed by atoms with Gasteiger partial charge in [-0.05, 0) is 48.6 Å². The molecule has 0 bridgehead atoms. The Labute approximate surface area is 199 Å². The first-order chi connectivity index (χ1) is 15.8. The Morgan fingerprint density at radius 1 is 1.06 bits per heavy atom. The number of aryl methyl sites for hydroxylation is 1. The van der Waals surface area contributed by atoms with Gasteiger partial charge < -0.3 is 9.80 Å². The third-order valence-electron chi connectivity index (χ3n) is 7.22. The fourth-order valence-corrected chi connectivity index (χ4v) is 5.58. The first-order valence-electron chi connectivity index (χ1n) is 11.4. The van der Waals surface area contributed by atoms with Gasteiger partial charge in [0, 0.05) is 30.8 Å². The van der Waals surface area contributed by atoms with Crippen molar-refractivity contribution in [3.05, 3.63) is 64.2 Å². The number of anilines is 1. The number of carbonyl (C=O) groups is 2. The number of benzene rings is 2. The number of fused-ring (bicyclic) bond motifs is 3. The standard InChI is InChI=1S/C25H30ClN5O2/c1-15-12-29(20-11-7-10-19(26)17(20)3)24-27-22-21(30(24)13-15)23(32)31(25(33)28(22)4)14-18-9-6-5-8-16(18)2/h5-11,15,21-22,24,27H,12-14H2,1-4H3. The predicted octanol–water partition coefficient (Wildman–Crippen LogP) is 3.39. The fraction of sp³-hybridized carbons (Fsp3) is 0.440. The number of likely N-dealkylation sites (N-methyl/N-ethyl adjacent to an activating group) is 1. The zero-order valence-electron chi connectivity index (χ0n) is 19.5. The number of nitrogens with zero attached hydrogens (tertiary/aromatic N) is 4. The van der Waals surface area contributed by atoms with E-state index in [0.717, 1.165) is 40.5 Å². The van der Waals surface area contributed by atoms with Crippen molar-refractivity contribution in [3.63, 3.8) is 0 Å². The van der Waals surface area contributed by atoms with E-state index in [2.05, 4.69) is 28.1 Å². The average molecular weight is 468 g/mol. The molecule has 0 radical (unpaired) electrons. The van der Waals surface area contributed by atoms with Crippen LogP contribution in [0.15, 0.2) is 42.5 Å². The second-order valence-corrected chi connectivity index (χ2v) is 9.92. The molecule has 0 aromatic heterocycles. The molecule has 3 fully saturated rings. The van der Waals surface area contributed by atoms with Crippen molar-refractivity contribution < 1.29 is 9.59 Å². The van der Waals surface area contributed by atoms with Crippen molar-refractivity contribution in [2.75, 3.05) is 25.0 Å². The maximum absolute atomic E-state index is 13.8. The number of hydrogen-bond acceptors (Lipinski definition) is 5. The molecule has 5 rings (SSSR count). The van der Waals surface area contributed by atoms with E-state index in [-0.39, 0.29) is 30.9 Å². The Hall–Kier alpha value is -2.61. The summed E-state index contributed by atoms with van der Waals surface area (Å²) >= 11 is 6.43. The molecule has 3 saturated heterocycles. The van der Waals surface area contributed by atoms with E-state index in [9.17, 15) is 9.59 Å². The quantitative estimate of drug-likeness (QED) is 0.749. The minimum absolute atomic E-state index is 0.141. The fourth-order valence-electron chi connectivity index (χ4n) is 5.41. The van der Waals surface area contributed by atoms with Crippen molar-refractivity contribution in [2.24, 2.45) is 5.92 Å². The van der Waals surface area contributed by atoms with Crippen molar-refractivity contribution in [1.82, 2.24) is 20.0 Å². The lowest BCUT2D eigenvalue weighted by atomic mass is 10.0. The number of imide groups is 1. The number of urea groups is 1. The Morgan fingerprint density at radius 2 is 1.82 bits per heavy atom. The highest BCUT2D eigenvalue weighted by atomic mass is 35.5. The molecule has 2 aromatic carbocycles. The summed E-state index contributed by atoms with van der Waals surface area (Å²) in [6, 6.07) is 13.1. The highest BCUT2D eigenvalue weighted by molar-refractivity contribution is 6.31. The molecule has 7 nitrogen and oxygen atoms in total. The van der Waals surface area contributed by atoms with Crippen LogP contribution in [-0.4, -0.2) is 65.3 Å². The van der Waals surface area contributed by atoms with E-state index >= 15 is 0 Å². The highest BCUT2D eigenvalue weighted by Gasteiger charge is 2.56. The summed E-state index contributed by atoms with van der Waals surface area (Å²) in [5, 5.41) is 4.31. The number of carbonyl (C=O) groups excluding carboxylic acids is 2. The molecule has 4 atom stereocenters. The predicted molar refractivity (Wildman–Crippen MR) is 129 cm³/mol. The minimum atomic E-state index is -0.438. The first-order valence-corrected chi connectivity index (χ1v) is 11.8. The van der Waals surface area contributed by atoms with E-state index in [1.54, 1.807) is 11.9 Å². The van der Waals surface area contributed by atoms with E-state index in [4.69, 9.17) is 11.6 Å². The number of halogens is 1. The van der Waals surface area contributed by atoms with Gasteiger partial charge in [0.05, 0.1) is 6.54 Å². The highest BCUT2D eigenvalue weighted by Crippen LogP contribution is 2.37. The number of rotatable bonds is 3. The van der Waals surface area contributed by atoms with Gasteiger partial charge in [0.25, 0.3) is 5.91 Å². The molecular formula is C25H30ClN5O2. The molecule has 33 heavy (non-hydrogen) atoms. The Morgan fingerprint density at radius 3 is 2.58 bits per heavy atom. The Bertz CT molecular complexity index is 1110. The van der Waals surface area contributed by atoms with Crippen molar-refractivity contribution in [3.8, 4) is 0 Å². The monoisotopic (exact) mass is 467 g/mol. The van der Waals surface area contributed by atoms with Gasteiger partial charge in [-0.15, -0.1) is 0 Å². The molecule has 1 N–H and O–H groups in total. The summed E-state index contributed by atoms with van der Waals surface area (Å²) in [5.74, 6) is 0.207. The van der Waals surface area contributed by atoms with E-state index in [1.807, 2.05) is 50.2 Å². The molecule has 3 aliphatic heterocycles. The summed E-state index contributed by atoms with van der Waals surface area (Å²) in [7, 11) is 1.78. The summed E-state index contributed by atoms with van der Waals surface area (Å²) in [6.07, 6.45) is -0.568. The smallest absolute Gasteiger partial charge is 0.328 e. The van der Waals surface area contributed by atoms with Crippen molar-refractivity contribution in [2.45, 2.75) is 45.8 Å². The topological polar surface area (TPSA) is 59.1 Å². The maximum Gasteiger partial charge on any atom is 0.328 e. The van der Waals surface area contributed by atoms with Crippen LogP contribution in [0, 0.1) is 19.8 Å². The number of nitrogens with one attached hydrogen (secondary N) is 1. The van der Waals surface area contributed by atoms with Crippen LogP contribution in [0.2, 0.25) is 5.02 Å². The van der Waals surface area contributed by atoms with Gasteiger partial charge in [0.15, 0.2) is 0 Å². The zero-order chi connectivity index (χ0) is 23.4. The van der Waals surface area contributed by atoms with E-state index < -0.39 is 6.04 Å². The molecule has 2 aromatic rings. The first kappa shape index (κ1) is 22.2. The van der Waals surface area contributed by atoms with Gasteiger partial charge in [-0.1, -0.05) is 48.9 Å². The summed E-state index contributed by atoms with van der Waals surface area (Å²) in [5.41, 5.74) is 4.12. The summed E-state index contributed by atoms with van der Waals surface area (Å²) < 4.78 is 0. The third kappa shape index (κ3) is 3.59. The van der Waals surface area contributed by atoms with Crippen molar-refractivity contribution >= 4 is 29.2 Å². The van der Waals surface area contributed by atoms with E-state index in [0.29, 0.717) is 5.92 Å². The van der Waals surface area contributed by atoms with Gasteiger partial charge in [0.1, 0.15) is 18.5 Å². The number of hydrogen-bond donors (Lipinski definition) is 1. The van der Waals surface area contributed by atoms with E-state index in [1.165, 1.54) is 4.90 Å². The summed E-state index contributed by atoms with van der Waals surface area (Å²) in [4.78, 5) is 34.6. The zero-order valence-corrected chi connectivity index (χ0v) is 20.2. The molecule has 0 aliphatic carbocycles. The Balaban J connectivity index is 1.49. The molecule has 4 unspecified atom stereocenters. The van der Waals surface area contributed by atoms with Crippen LogP contribution in [0.1, 0.15) is 23.6 Å². The molecule has 174 valence electrons. The molecule has 0 saturated carbocycles. The lowest BCUT2D eigenvalue weighted by Gasteiger charge is -2.46. The largest absolute Gasteiger partial charge is 0.343 e. The van der Waals surface area contributed by atoms with Crippen LogP contribution in [0.4, 0.5) is 10.5 Å². The molecule has 3 amide bonds. The van der Waals surface area contributed by atoms with Crippen LogP contribution in [-0.2, 0) is 11.3 Å². The SMILES string of the molecule is Cc1ccccc1CN1C(=O)C2C(NC3N(c4cccc(Cl)c4C)CC(C)CN23)N(C)C1=O. The van der Waals surface area contributed by atoms with Crippen LogP contribution >= 0.6 is 11.6 Å². The van der Waals surface area contributed by atoms with Gasteiger partial charge in [-0.25, -0.2) is 4.79 Å². The molecule has 3 aliphatic rings. The van der Waals surface area contributed by atoms with Crippen LogP contribution in [0.25, 0.3) is 0 Å². The van der Waals surface area contributed by atoms with Gasteiger partial charge >= 0.3 is 6.03 Å². The maximum atomic E-state index is 13.8. The molecular weight excluding hydrogens is 438 g/mol. The second-order valence-electron chi connectivity index (χ2n) is 9.51. The van der Waals surface area contributed by atoms with Gasteiger partial charge in [-0.3, -0.25) is 19.9 Å². The minimum Gasteiger partial charge on any atom is -0.343 e. The third-order valence-corrected chi connectivity index (χ3v) is 7.63. The summed E-state index contributed by atoms with van der Waals surface area (Å²) in [6.45, 7) is 8.13. The Kier molecular flexibility index (Phi) is 5.59. The normalized spacial score (nSPS) is 27.7. The van der Waals surface area contributed by atoms with Gasteiger partial charge in [-0.2, -0.15) is 0 Å². The lowest BCUT2D eigenvalue weighted by Crippen LogP contribution is -2.66. The van der Waals surface area contributed by atoms with Gasteiger partial charge in [0.2, 0.25) is 0 Å².